The van der Waals surface area contributed by atoms with Crippen LogP contribution >= 0.6 is 0 Å². The van der Waals surface area contributed by atoms with Crippen LogP contribution in [0.25, 0.3) is 0 Å². The zero-order valence-electron chi connectivity index (χ0n) is 8.73. The third kappa shape index (κ3) is 11.8. The Bertz CT molecular complexity index is 77.5. The Hall–Kier alpha value is 1.05. The number of ether oxygens (including phenoxy) is 1. The van der Waals surface area contributed by atoms with Crippen LogP contribution in [0.2, 0.25) is 0 Å². The van der Waals surface area contributed by atoms with Crippen LogP contribution in [0.4, 0.5) is 0 Å². The molecule has 0 aromatic rings. The summed E-state index contributed by atoms with van der Waals surface area (Å²) in [7, 11) is 0. The van der Waals surface area contributed by atoms with Gasteiger partial charge in [-0.3, -0.25) is 0 Å². The number of hydrogen-bond donors (Lipinski definition) is 0. The van der Waals surface area contributed by atoms with Crippen molar-refractivity contribution in [3.05, 3.63) is 0 Å². The first-order chi connectivity index (χ1) is 4.06. The molecule has 0 spiro atoms. The van der Waals surface area contributed by atoms with Crippen molar-refractivity contribution in [2.24, 2.45) is 0 Å². The monoisotopic (exact) mass is 154 g/mol. The van der Waals surface area contributed by atoms with E-state index in [1.807, 2.05) is 20.8 Å². The van der Waals surface area contributed by atoms with Gasteiger partial charge in [0.2, 0.25) is 0 Å². The van der Waals surface area contributed by atoms with Crippen molar-refractivity contribution in [1.29, 1.82) is 0 Å². The molecule has 0 radical (unpaired) electrons. The van der Waals surface area contributed by atoms with Crippen molar-refractivity contribution in [2.45, 2.75) is 26.4 Å². The van der Waals surface area contributed by atoms with Gasteiger partial charge in [0, 0.05) is 6.61 Å². The first-order valence-electron chi connectivity index (χ1n) is 3.19. The molecule has 0 saturated carbocycles. The van der Waals surface area contributed by atoms with Gasteiger partial charge in [-0.1, -0.05) is 0 Å². The van der Waals surface area contributed by atoms with Crippen LogP contribution in [0.5, 0.6) is 0 Å². The molecule has 0 aliphatic heterocycles. The second kappa shape index (κ2) is 6.74. The fraction of sp³-hybridized carbons (Fsp3) is 1.00. The molecule has 0 amide bonds. The summed E-state index contributed by atoms with van der Waals surface area (Å²) in [6.45, 7) is 7.58. The van der Waals surface area contributed by atoms with Crippen LogP contribution in [-0.4, -0.2) is 35.4 Å². The number of hydrogen-bond acceptors (Lipinski definition) is 2. The average Bonchev–Trinajstić information content (AvgIpc) is 1.63. The summed E-state index contributed by atoms with van der Waals surface area (Å²) in [5.74, 6) is 0. The van der Waals surface area contributed by atoms with E-state index in [9.17, 15) is 0 Å². The Morgan fingerprint density at radius 3 is 2.10 bits per heavy atom. The molecule has 0 atom stereocenters. The minimum absolute atomic E-state index is 0. The molecule has 0 aliphatic rings. The Labute approximate surface area is 85.1 Å². The molecule has 0 saturated heterocycles. The smallest absolute Gasteiger partial charge is 1.00 e. The van der Waals surface area contributed by atoms with E-state index in [1.165, 1.54) is 0 Å². The predicted molar refractivity (Wildman–Crippen MR) is 41.3 cm³/mol. The van der Waals surface area contributed by atoms with Gasteiger partial charge in [-0.05, 0) is 20.8 Å². The molecule has 0 heterocycles. The second-order valence-corrected chi connectivity index (χ2v) is 3.53. The first kappa shape index (κ1) is 13.6. The zero-order chi connectivity index (χ0) is 7.33. The van der Waals surface area contributed by atoms with Crippen LogP contribution in [0, 0.1) is 0 Å². The predicted octanol–water partition coefficient (Wildman–Crippen LogP) is -2.52. The van der Waals surface area contributed by atoms with E-state index >= 15 is 0 Å². The average molecular weight is 154 g/mol. The van der Waals surface area contributed by atoms with Crippen LogP contribution in [0.3, 0.4) is 0 Å². The van der Waals surface area contributed by atoms with E-state index in [1.54, 1.807) is 0 Å². The Morgan fingerprint density at radius 1 is 1.30 bits per heavy atom. The van der Waals surface area contributed by atoms with E-state index in [0.717, 1.165) is 23.2 Å². The fourth-order valence-corrected chi connectivity index (χ4v) is 0.598. The summed E-state index contributed by atoms with van der Waals surface area (Å²) in [6.07, 6.45) is 0. The fourth-order valence-electron chi connectivity index (χ4n) is 0.431. The molecule has 4 heteroatoms. The van der Waals surface area contributed by atoms with Gasteiger partial charge in [0.1, 0.15) is 0 Å². The third-order valence-corrected chi connectivity index (χ3v) is 1.23. The second-order valence-electron chi connectivity index (χ2n) is 2.95. The first-order valence-corrected chi connectivity index (χ1v) is 4.01. The van der Waals surface area contributed by atoms with Gasteiger partial charge < -0.3 is 9.95 Å². The van der Waals surface area contributed by atoms with Gasteiger partial charge in [0.05, 0.1) is 12.2 Å². The van der Waals surface area contributed by atoms with Gasteiger partial charge in [0.25, 0.3) is 0 Å². The minimum Gasteiger partial charge on any atom is -1.00 e. The molecular formula is C6H16AlLiO2. The minimum atomic E-state index is -0.0138. The topological polar surface area (TPSA) is 18.5 Å². The van der Waals surface area contributed by atoms with Crippen molar-refractivity contribution in [3.63, 3.8) is 0 Å². The van der Waals surface area contributed by atoms with Gasteiger partial charge >= 0.3 is 35.5 Å². The normalized spacial score (nSPS) is 10.7. The molecule has 0 aromatic carbocycles. The summed E-state index contributed by atoms with van der Waals surface area (Å²) in [4.78, 5) is 0. The summed E-state index contributed by atoms with van der Waals surface area (Å²) >= 11 is 0.810. The Balaban J connectivity index is -0.000000320. The van der Waals surface area contributed by atoms with Gasteiger partial charge in [-0.15, -0.1) is 0 Å². The van der Waals surface area contributed by atoms with Crippen LogP contribution in [0.15, 0.2) is 0 Å². The maximum absolute atomic E-state index is 5.37. The summed E-state index contributed by atoms with van der Waals surface area (Å²) < 4.78 is 10.3. The molecule has 0 unspecified atom stereocenters. The maximum Gasteiger partial charge on any atom is 1.00 e. The molecule has 0 bridgehead atoms. The van der Waals surface area contributed by atoms with Crippen LogP contribution < -0.4 is 18.9 Å². The van der Waals surface area contributed by atoms with E-state index in [2.05, 4.69) is 0 Å². The molecule has 0 aliphatic carbocycles. The van der Waals surface area contributed by atoms with E-state index < -0.39 is 0 Å². The molecule has 56 valence electrons. The van der Waals surface area contributed by atoms with Crippen molar-refractivity contribution in [3.8, 4) is 0 Å². The van der Waals surface area contributed by atoms with E-state index in [-0.39, 0.29) is 25.9 Å². The Kier molecular flexibility index (Phi) is 9.19. The zero-order valence-corrected chi connectivity index (χ0v) is 9.73. The van der Waals surface area contributed by atoms with E-state index in [0.29, 0.717) is 6.61 Å². The summed E-state index contributed by atoms with van der Waals surface area (Å²) in [5, 5.41) is 0. The van der Waals surface area contributed by atoms with Gasteiger partial charge in [-0.2, -0.15) is 0 Å². The number of rotatable bonds is 3. The van der Waals surface area contributed by atoms with Crippen molar-refractivity contribution < 1.29 is 28.8 Å². The van der Waals surface area contributed by atoms with Crippen LogP contribution in [0.1, 0.15) is 22.2 Å². The quantitative estimate of drug-likeness (QED) is 0.330. The third-order valence-electron chi connectivity index (χ3n) is 0.823. The molecule has 0 rings (SSSR count). The molecular weight excluding hydrogens is 138 g/mol. The van der Waals surface area contributed by atoms with Crippen molar-refractivity contribution in [1.82, 2.24) is 0 Å². The van der Waals surface area contributed by atoms with Crippen LogP contribution in [-0.2, 0) is 8.53 Å². The summed E-state index contributed by atoms with van der Waals surface area (Å²) in [6, 6.07) is 0. The SMILES string of the molecule is CC(C)(C)OCC[O][AlH2].[H-].[Li+]. The molecule has 10 heavy (non-hydrogen) atoms. The van der Waals surface area contributed by atoms with E-state index in [4.69, 9.17) is 8.53 Å². The van der Waals surface area contributed by atoms with Gasteiger partial charge in [-0.25, -0.2) is 0 Å². The molecule has 2 nitrogen and oxygen atoms in total. The van der Waals surface area contributed by atoms with Gasteiger partial charge in [0.15, 0.2) is 0 Å². The Morgan fingerprint density at radius 2 is 1.80 bits per heavy atom. The summed E-state index contributed by atoms with van der Waals surface area (Å²) in [5.41, 5.74) is -0.0138. The van der Waals surface area contributed by atoms with Crippen molar-refractivity contribution in [2.75, 3.05) is 13.2 Å². The largest absolute Gasteiger partial charge is 1.00 e. The standard InChI is InChI=1S/C6H13O2.Al.Li.3H/c1-6(2,3)8-5-4-7;;;;;/h4-5H2,1-3H3;;;;;/q-1;2*+1;;;-1. The molecule has 0 aromatic heterocycles. The maximum atomic E-state index is 5.37. The molecule has 0 N–H and O–H groups in total. The molecule has 0 fully saturated rings. The van der Waals surface area contributed by atoms with Crippen molar-refractivity contribution >= 4 is 16.6 Å².